The molecule has 0 bridgehead atoms. The zero-order chi connectivity index (χ0) is 11.3. The van der Waals surface area contributed by atoms with Crippen molar-refractivity contribution >= 4 is 12.0 Å². The quantitative estimate of drug-likeness (QED) is 0.460. The number of carboxylic acid groups (broad SMARTS) is 1. The van der Waals surface area contributed by atoms with Crippen molar-refractivity contribution in [3.05, 3.63) is 51.6 Å². The first-order valence-corrected chi connectivity index (χ1v) is 4.20. The lowest BCUT2D eigenvalue weighted by molar-refractivity contribution is -0.470. The summed E-state index contributed by atoms with van der Waals surface area (Å²) in [7, 11) is 0. The van der Waals surface area contributed by atoms with Gasteiger partial charge in [0.25, 0.3) is 0 Å². The Morgan fingerprint density at radius 1 is 1.40 bits per heavy atom. The van der Waals surface area contributed by atoms with E-state index in [1.807, 2.05) is 0 Å². The number of aliphatic carboxylic acids is 1. The van der Waals surface area contributed by atoms with E-state index in [1.165, 1.54) is 6.08 Å². The molecule has 0 amide bonds. The minimum atomic E-state index is -1.27. The lowest BCUT2D eigenvalue weighted by Crippen LogP contribution is -2.11. The number of nitrogens with zero attached hydrogens (tertiary/aromatic N) is 1. The summed E-state index contributed by atoms with van der Waals surface area (Å²) in [6, 6.07) is 8.62. The molecule has 0 aliphatic heterocycles. The van der Waals surface area contributed by atoms with Crippen molar-refractivity contribution in [2.24, 2.45) is 0 Å². The SMILES string of the molecule is O=C(O)C(=Cc1ccccc1)C[N+](=O)[O-]. The van der Waals surface area contributed by atoms with E-state index in [4.69, 9.17) is 5.11 Å². The van der Waals surface area contributed by atoms with E-state index in [0.29, 0.717) is 5.56 Å². The Hall–Kier alpha value is -2.17. The second-order valence-corrected chi connectivity index (χ2v) is 2.88. The second kappa shape index (κ2) is 4.90. The maximum Gasteiger partial charge on any atom is 0.338 e. The monoisotopic (exact) mass is 207 g/mol. The highest BCUT2D eigenvalue weighted by atomic mass is 16.6. The fourth-order valence-corrected chi connectivity index (χ4v) is 1.06. The summed E-state index contributed by atoms with van der Waals surface area (Å²) in [6.07, 6.45) is 1.30. The summed E-state index contributed by atoms with van der Waals surface area (Å²) in [5.74, 6) is -1.27. The van der Waals surface area contributed by atoms with E-state index in [2.05, 4.69) is 0 Å². The van der Waals surface area contributed by atoms with Gasteiger partial charge in [0.2, 0.25) is 6.54 Å². The second-order valence-electron chi connectivity index (χ2n) is 2.88. The highest BCUT2D eigenvalue weighted by Crippen LogP contribution is 2.06. The zero-order valence-corrected chi connectivity index (χ0v) is 7.79. The van der Waals surface area contributed by atoms with Crippen LogP contribution in [0.3, 0.4) is 0 Å². The number of carboxylic acids is 1. The molecule has 0 atom stereocenters. The van der Waals surface area contributed by atoms with Crippen molar-refractivity contribution in [2.45, 2.75) is 0 Å². The number of hydrogen-bond acceptors (Lipinski definition) is 3. The molecule has 0 radical (unpaired) electrons. The Bertz CT molecular complexity index is 397. The van der Waals surface area contributed by atoms with Crippen LogP contribution >= 0.6 is 0 Å². The highest BCUT2D eigenvalue weighted by molar-refractivity contribution is 5.92. The van der Waals surface area contributed by atoms with Crippen LogP contribution in [-0.2, 0) is 4.79 Å². The van der Waals surface area contributed by atoms with Crippen molar-refractivity contribution in [3.8, 4) is 0 Å². The third-order valence-corrected chi connectivity index (χ3v) is 1.71. The van der Waals surface area contributed by atoms with Crippen molar-refractivity contribution in [1.29, 1.82) is 0 Å². The molecule has 5 heteroatoms. The Labute approximate surface area is 85.8 Å². The van der Waals surface area contributed by atoms with Crippen LogP contribution in [0.2, 0.25) is 0 Å². The minimum Gasteiger partial charge on any atom is -0.478 e. The lowest BCUT2D eigenvalue weighted by atomic mass is 10.1. The number of carbonyl (C=O) groups is 1. The number of benzene rings is 1. The van der Waals surface area contributed by atoms with Gasteiger partial charge in [0.05, 0.1) is 0 Å². The van der Waals surface area contributed by atoms with E-state index >= 15 is 0 Å². The molecule has 0 spiro atoms. The summed E-state index contributed by atoms with van der Waals surface area (Å²) in [5.41, 5.74) is 0.406. The predicted molar refractivity (Wildman–Crippen MR) is 53.9 cm³/mol. The van der Waals surface area contributed by atoms with Crippen LogP contribution in [0.25, 0.3) is 6.08 Å². The Balaban J connectivity index is 2.94. The largest absolute Gasteiger partial charge is 0.478 e. The molecule has 5 nitrogen and oxygen atoms in total. The molecule has 1 aromatic carbocycles. The third-order valence-electron chi connectivity index (χ3n) is 1.71. The van der Waals surface area contributed by atoms with Crippen LogP contribution < -0.4 is 0 Å². The number of hydrogen-bond donors (Lipinski definition) is 1. The summed E-state index contributed by atoms with van der Waals surface area (Å²) < 4.78 is 0. The van der Waals surface area contributed by atoms with Crippen LogP contribution in [0.15, 0.2) is 35.9 Å². The van der Waals surface area contributed by atoms with E-state index in [-0.39, 0.29) is 5.57 Å². The fraction of sp³-hybridized carbons (Fsp3) is 0.100. The van der Waals surface area contributed by atoms with Gasteiger partial charge in [0.15, 0.2) is 0 Å². The van der Waals surface area contributed by atoms with Crippen LogP contribution in [0.5, 0.6) is 0 Å². The number of nitro groups is 1. The normalized spacial score (nSPS) is 11.1. The standard InChI is InChI=1S/C10H9NO4/c12-10(13)9(7-11(14)15)6-8-4-2-1-3-5-8/h1-6H,7H2,(H,12,13). The third kappa shape index (κ3) is 3.60. The molecule has 0 fully saturated rings. The maximum absolute atomic E-state index is 10.7. The Morgan fingerprint density at radius 3 is 2.47 bits per heavy atom. The molecule has 0 aliphatic rings. The summed E-state index contributed by atoms with van der Waals surface area (Å²) in [6.45, 7) is -0.676. The Morgan fingerprint density at radius 2 is 2.00 bits per heavy atom. The molecule has 0 saturated carbocycles. The number of rotatable bonds is 4. The van der Waals surface area contributed by atoms with Gasteiger partial charge in [-0.1, -0.05) is 30.3 Å². The van der Waals surface area contributed by atoms with Gasteiger partial charge >= 0.3 is 5.97 Å². The molecule has 1 aromatic rings. The average Bonchev–Trinajstić information content (AvgIpc) is 2.17. The van der Waals surface area contributed by atoms with Gasteiger partial charge in [0.1, 0.15) is 5.57 Å². The zero-order valence-electron chi connectivity index (χ0n) is 7.79. The van der Waals surface area contributed by atoms with Gasteiger partial charge in [-0.25, -0.2) is 4.79 Å². The van der Waals surface area contributed by atoms with Crippen molar-refractivity contribution in [1.82, 2.24) is 0 Å². The first kappa shape index (κ1) is 10.9. The topological polar surface area (TPSA) is 80.4 Å². The molecule has 1 N–H and O–H groups in total. The molecule has 1 rings (SSSR count). The fourth-order valence-electron chi connectivity index (χ4n) is 1.06. The van der Waals surface area contributed by atoms with E-state index in [1.54, 1.807) is 30.3 Å². The molecular formula is C10H9NO4. The average molecular weight is 207 g/mol. The van der Waals surface area contributed by atoms with Crippen molar-refractivity contribution < 1.29 is 14.8 Å². The molecule has 0 saturated heterocycles. The van der Waals surface area contributed by atoms with E-state index in [9.17, 15) is 14.9 Å². The van der Waals surface area contributed by atoms with Gasteiger partial charge in [-0.2, -0.15) is 0 Å². The lowest BCUT2D eigenvalue weighted by Gasteiger charge is -1.97. The van der Waals surface area contributed by atoms with Crippen molar-refractivity contribution in [3.63, 3.8) is 0 Å². The van der Waals surface area contributed by atoms with Gasteiger partial charge in [-0.05, 0) is 11.6 Å². The van der Waals surface area contributed by atoms with Gasteiger partial charge in [-0.15, -0.1) is 0 Å². The molecule has 0 heterocycles. The van der Waals surface area contributed by atoms with Crippen LogP contribution in [0.1, 0.15) is 5.56 Å². The van der Waals surface area contributed by atoms with Gasteiger partial charge in [0, 0.05) is 4.92 Å². The molecule has 78 valence electrons. The van der Waals surface area contributed by atoms with Crippen molar-refractivity contribution in [2.75, 3.05) is 6.54 Å². The molecular weight excluding hydrogens is 198 g/mol. The Kier molecular flexibility index (Phi) is 3.56. The minimum absolute atomic E-state index is 0.230. The van der Waals surface area contributed by atoms with Crippen LogP contribution in [0, 0.1) is 10.1 Å². The summed E-state index contributed by atoms with van der Waals surface area (Å²) in [5, 5.41) is 18.9. The van der Waals surface area contributed by atoms with Crippen LogP contribution in [-0.4, -0.2) is 22.5 Å². The maximum atomic E-state index is 10.7. The summed E-state index contributed by atoms with van der Waals surface area (Å²) >= 11 is 0. The highest BCUT2D eigenvalue weighted by Gasteiger charge is 2.13. The van der Waals surface area contributed by atoms with E-state index < -0.39 is 17.4 Å². The van der Waals surface area contributed by atoms with Gasteiger partial charge in [-0.3, -0.25) is 10.1 Å². The molecule has 0 unspecified atom stereocenters. The molecule has 0 aliphatic carbocycles. The molecule has 0 aromatic heterocycles. The van der Waals surface area contributed by atoms with Gasteiger partial charge < -0.3 is 5.11 Å². The predicted octanol–water partition coefficient (Wildman–Crippen LogP) is 1.43. The van der Waals surface area contributed by atoms with E-state index in [0.717, 1.165) is 0 Å². The summed E-state index contributed by atoms with van der Waals surface area (Å²) in [4.78, 5) is 20.2. The smallest absolute Gasteiger partial charge is 0.338 e. The first-order valence-electron chi connectivity index (χ1n) is 4.20. The van der Waals surface area contributed by atoms with Crippen LogP contribution in [0.4, 0.5) is 0 Å². The first-order chi connectivity index (χ1) is 7.09. The molecule has 15 heavy (non-hydrogen) atoms.